The quantitative estimate of drug-likeness (QED) is 0.586. The maximum atomic E-state index is 11.8. The van der Waals surface area contributed by atoms with E-state index < -0.39 is 0 Å². The first-order valence-electron chi connectivity index (χ1n) is 7.36. The summed E-state index contributed by atoms with van der Waals surface area (Å²) in [5, 5.41) is 0. The van der Waals surface area contributed by atoms with Crippen LogP contribution in [-0.2, 0) is 0 Å². The number of nitrogens with one attached hydrogen (secondary N) is 1. The van der Waals surface area contributed by atoms with E-state index in [1.807, 2.05) is 31.2 Å². The number of aromatic nitrogens is 5. The summed E-state index contributed by atoms with van der Waals surface area (Å²) < 4.78 is 1.97. The second kappa shape index (κ2) is 4.74. The van der Waals surface area contributed by atoms with E-state index in [4.69, 9.17) is 4.98 Å². The average Bonchev–Trinajstić information content (AvgIpc) is 2.87. The highest BCUT2D eigenvalue weighted by Crippen LogP contribution is 2.28. The summed E-state index contributed by atoms with van der Waals surface area (Å²) in [6.07, 6.45) is 3.56. The van der Waals surface area contributed by atoms with Crippen LogP contribution in [0.25, 0.3) is 28.1 Å². The minimum Gasteiger partial charge on any atom is -0.306 e. The summed E-state index contributed by atoms with van der Waals surface area (Å²) in [5.41, 5.74) is 5.90. The number of nitrogens with zero attached hydrogens (tertiary/aromatic N) is 4. The fourth-order valence-electron chi connectivity index (χ4n) is 3.00. The number of imidazole rings is 1. The molecule has 0 aliphatic heterocycles. The lowest BCUT2D eigenvalue weighted by atomic mass is 10.1. The summed E-state index contributed by atoms with van der Waals surface area (Å²) in [4.78, 5) is 28.2. The highest BCUT2D eigenvalue weighted by Gasteiger charge is 2.17. The number of hydrogen-bond donors (Lipinski definition) is 1. The number of pyridine rings is 2. The Morgan fingerprint density at radius 2 is 1.83 bits per heavy atom. The molecule has 23 heavy (non-hydrogen) atoms. The van der Waals surface area contributed by atoms with Crippen LogP contribution < -0.4 is 5.56 Å². The van der Waals surface area contributed by atoms with Crippen LogP contribution in [0.1, 0.15) is 17.0 Å². The van der Waals surface area contributed by atoms with Gasteiger partial charge in [-0.25, -0.2) is 9.97 Å². The van der Waals surface area contributed by atoms with Crippen molar-refractivity contribution in [3.8, 4) is 11.4 Å². The lowest BCUT2D eigenvalue weighted by Gasteiger charge is -2.08. The Balaban J connectivity index is 2.26. The molecule has 0 saturated carbocycles. The molecule has 114 valence electrons. The fraction of sp³-hybridized carbons (Fsp3) is 0.176. The molecule has 0 amide bonds. The van der Waals surface area contributed by atoms with Crippen molar-refractivity contribution >= 4 is 16.7 Å². The van der Waals surface area contributed by atoms with Crippen molar-refractivity contribution in [3.05, 3.63) is 57.9 Å². The second-order valence-electron chi connectivity index (χ2n) is 5.65. The Morgan fingerprint density at radius 3 is 2.61 bits per heavy atom. The molecule has 4 heterocycles. The van der Waals surface area contributed by atoms with Gasteiger partial charge in [-0.05, 0) is 38.5 Å². The zero-order valence-electron chi connectivity index (χ0n) is 13.1. The summed E-state index contributed by atoms with van der Waals surface area (Å²) >= 11 is 0. The molecular formula is C17H15N5O. The molecule has 1 N–H and O–H groups in total. The summed E-state index contributed by atoms with van der Waals surface area (Å²) in [7, 11) is 0. The summed E-state index contributed by atoms with van der Waals surface area (Å²) in [6, 6.07) is 5.17. The second-order valence-corrected chi connectivity index (χ2v) is 5.65. The van der Waals surface area contributed by atoms with Crippen LogP contribution in [0.2, 0.25) is 0 Å². The van der Waals surface area contributed by atoms with E-state index in [0.29, 0.717) is 5.65 Å². The highest BCUT2D eigenvalue weighted by molar-refractivity contribution is 5.81. The van der Waals surface area contributed by atoms with Crippen LogP contribution in [0, 0.1) is 20.8 Å². The lowest BCUT2D eigenvalue weighted by Crippen LogP contribution is -2.08. The van der Waals surface area contributed by atoms with Gasteiger partial charge in [-0.2, -0.15) is 0 Å². The first-order chi connectivity index (χ1) is 11.1. The van der Waals surface area contributed by atoms with Crippen LogP contribution in [0.15, 0.2) is 35.4 Å². The molecule has 0 saturated heterocycles. The van der Waals surface area contributed by atoms with Crippen molar-refractivity contribution in [1.29, 1.82) is 0 Å². The summed E-state index contributed by atoms with van der Waals surface area (Å²) in [6.45, 7) is 5.92. The van der Waals surface area contributed by atoms with Crippen molar-refractivity contribution in [2.75, 3.05) is 0 Å². The molecule has 0 bridgehead atoms. The largest absolute Gasteiger partial charge is 0.306 e. The zero-order chi connectivity index (χ0) is 16.1. The van der Waals surface area contributed by atoms with E-state index in [0.717, 1.165) is 39.4 Å². The predicted molar refractivity (Wildman–Crippen MR) is 88.6 cm³/mol. The molecule has 0 aliphatic carbocycles. The van der Waals surface area contributed by atoms with Crippen LogP contribution in [0.3, 0.4) is 0 Å². The molecule has 0 spiro atoms. The number of hydrogen-bond acceptors (Lipinski definition) is 4. The van der Waals surface area contributed by atoms with Gasteiger partial charge in [-0.15, -0.1) is 0 Å². The molecule has 6 heteroatoms. The molecule has 4 aromatic rings. The Kier molecular flexibility index (Phi) is 2.81. The van der Waals surface area contributed by atoms with Gasteiger partial charge >= 0.3 is 0 Å². The molecule has 0 unspecified atom stereocenters. The van der Waals surface area contributed by atoms with Crippen LogP contribution in [-0.4, -0.2) is 24.3 Å². The van der Waals surface area contributed by atoms with Gasteiger partial charge in [-0.1, -0.05) is 0 Å². The number of rotatable bonds is 1. The van der Waals surface area contributed by atoms with Crippen molar-refractivity contribution in [3.63, 3.8) is 0 Å². The Labute approximate surface area is 131 Å². The minimum absolute atomic E-state index is 0.162. The molecule has 4 rings (SSSR count). The van der Waals surface area contributed by atoms with Gasteiger partial charge in [-0.3, -0.25) is 14.2 Å². The smallest absolute Gasteiger partial charge is 0.249 e. The van der Waals surface area contributed by atoms with E-state index in [9.17, 15) is 4.79 Å². The van der Waals surface area contributed by atoms with Gasteiger partial charge < -0.3 is 4.98 Å². The van der Waals surface area contributed by atoms with Crippen LogP contribution in [0.4, 0.5) is 0 Å². The Bertz CT molecular complexity index is 1120. The van der Waals surface area contributed by atoms with Crippen molar-refractivity contribution in [2.24, 2.45) is 0 Å². The van der Waals surface area contributed by atoms with Crippen LogP contribution >= 0.6 is 0 Å². The monoisotopic (exact) mass is 305 g/mol. The average molecular weight is 305 g/mol. The minimum atomic E-state index is -0.162. The SMILES string of the molecule is Cc1ccncc1-c1nc(C)c2c(C)nc3ccc(=O)[nH]c3n12. The van der Waals surface area contributed by atoms with Crippen molar-refractivity contribution in [2.45, 2.75) is 20.8 Å². The molecule has 0 aliphatic rings. The molecule has 0 aromatic carbocycles. The lowest BCUT2D eigenvalue weighted by molar-refractivity contribution is 1.09. The molecule has 0 radical (unpaired) electrons. The molecule has 4 aromatic heterocycles. The van der Waals surface area contributed by atoms with Gasteiger partial charge in [0, 0.05) is 24.0 Å². The predicted octanol–water partition coefficient (Wildman–Crippen LogP) is 2.56. The maximum Gasteiger partial charge on any atom is 0.249 e. The van der Waals surface area contributed by atoms with E-state index in [-0.39, 0.29) is 5.56 Å². The fourth-order valence-corrected chi connectivity index (χ4v) is 3.00. The number of aromatic amines is 1. The molecular weight excluding hydrogens is 290 g/mol. The first-order valence-corrected chi connectivity index (χ1v) is 7.36. The van der Waals surface area contributed by atoms with Crippen molar-refractivity contribution < 1.29 is 0 Å². The Morgan fingerprint density at radius 1 is 1.04 bits per heavy atom. The number of aryl methyl sites for hydroxylation is 3. The van der Waals surface area contributed by atoms with Gasteiger partial charge in [0.15, 0.2) is 0 Å². The Hall–Kier alpha value is -3.02. The van der Waals surface area contributed by atoms with E-state index in [1.54, 1.807) is 18.5 Å². The topological polar surface area (TPSA) is 75.9 Å². The maximum absolute atomic E-state index is 11.8. The normalized spacial score (nSPS) is 11.4. The van der Waals surface area contributed by atoms with Crippen LogP contribution in [0.5, 0.6) is 0 Å². The standard InChI is InChI=1S/C17H15N5O/c1-9-6-7-18-8-12(9)16-20-11(3)15-10(2)19-13-4-5-14(23)21-17(13)22(15)16/h4-8H,1-3H3,(H,21,23). The first kappa shape index (κ1) is 13.6. The molecule has 0 atom stereocenters. The number of H-pyrrole nitrogens is 1. The zero-order valence-corrected chi connectivity index (χ0v) is 13.1. The summed E-state index contributed by atoms with van der Waals surface area (Å²) in [5.74, 6) is 0.764. The van der Waals surface area contributed by atoms with Crippen molar-refractivity contribution in [1.82, 2.24) is 24.3 Å². The number of fused-ring (bicyclic) bond motifs is 3. The van der Waals surface area contributed by atoms with E-state index >= 15 is 0 Å². The third-order valence-electron chi connectivity index (χ3n) is 4.06. The third-order valence-corrected chi connectivity index (χ3v) is 4.06. The van der Waals surface area contributed by atoms with Gasteiger partial charge in [0.1, 0.15) is 17.0 Å². The van der Waals surface area contributed by atoms with E-state index in [1.165, 1.54) is 6.07 Å². The highest BCUT2D eigenvalue weighted by atomic mass is 16.1. The third kappa shape index (κ3) is 1.95. The molecule has 6 nitrogen and oxygen atoms in total. The van der Waals surface area contributed by atoms with Gasteiger partial charge in [0.25, 0.3) is 0 Å². The van der Waals surface area contributed by atoms with Gasteiger partial charge in [0.2, 0.25) is 5.56 Å². The van der Waals surface area contributed by atoms with Gasteiger partial charge in [0.05, 0.1) is 16.9 Å². The molecule has 0 fully saturated rings. The van der Waals surface area contributed by atoms with E-state index in [2.05, 4.69) is 15.0 Å².